The summed E-state index contributed by atoms with van der Waals surface area (Å²) >= 11 is 1.28. The number of benzene rings is 1. The summed E-state index contributed by atoms with van der Waals surface area (Å²) in [6.45, 7) is 8.71. The molecule has 0 saturated heterocycles. The summed E-state index contributed by atoms with van der Waals surface area (Å²) in [7, 11) is 0. The Hall–Kier alpha value is -2.67. The lowest BCUT2D eigenvalue weighted by molar-refractivity contribution is -0.131. The molecule has 142 valence electrons. The highest BCUT2D eigenvalue weighted by molar-refractivity contribution is 7.17. The van der Waals surface area contributed by atoms with E-state index in [1.54, 1.807) is 22.4 Å². The van der Waals surface area contributed by atoms with Crippen molar-refractivity contribution in [3.05, 3.63) is 61.6 Å². The van der Waals surface area contributed by atoms with Crippen molar-refractivity contribution in [2.24, 2.45) is 0 Å². The van der Waals surface area contributed by atoms with Gasteiger partial charge in [-0.3, -0.25) is 14.2 Å². The van der Waals surface area contributed by atoms with E-state index in [-0.39, 0.29) is 18.0 Å². The third-order valence-electron chi connectivity index (χ3n) is 4.98. The van der Waals surface area contributed by atoms with Crippen molar-refractivity contribution in [2.45, 2.75) is 34.2 Å². The van der Waals surface area contributed by atoms with Gasteiger partial charge in [0.25, 0.3) is 5.56 Å². The van der Waals surface area contributed by atoms with Crippen LogP contribution in [0.4, 0.5) is 0 Å². The van der Waals surface area contributed by atoms with Crippen LogP contribution in [0.5, 0.6) is 0 Å². The Morgan fingerprint density at radius 3 is 2.48 bits per heavy atom. The Balaban J connectivity index is 2.28. The Morgan fingerprint density at radius 2 is 1.81 bits per heavy atom. The van der Waals surface area contributed by atoms with E-state index in [2.05, 4.69) is 0 Å². The minimum absolute atomic E-state index is 0.0844. The van der Waals surface area contributed by atoms with Crippen LogP contribution >= 0.6 is 11.3 Å². The maximum absolute atomic E-state index is 13.3. The standard InChI is InChI=1S/C20H23N3O3S/c1-5-21(6-2)17(24)12-22-16-10-11-27-18(16)19(25)23(20(22)26)15-9-7-8-13(3)14(15)4/h7-11H,5-6,12H2,1-4H3. The summed E-state index contributed by atoms with van der Waals surface area (Å²) in [6, 6.07) is 7.26. The molecule has 6 nitrogen and oxygen atoms in total. The molecule has 0 spiro atoms. The number of rotatable bonds is 5. The minimum atomic E-state index is -0.486. The highest BCUT2D eigenvalue weighted by atomic mass is 32.1. The van der Waals surface area contributed by atoms with E-state index >= 15 is 0 Å². The first kappa shape index (κ1) is 19.1. The van der Waals surface area contributed by atoms with Gasteiger partial charge in [0.2, 0.25) is 5.91 Å². The summed E-state index contributed by atoms with van der Waals surface area (Å²) in [5, 5.41) is 1.78. The molecule has 2 aromatic heterocycles. The number of carbonyl (C=O) groups excluding carboxylic acids is 1. The molecule has 7 heteroatoms. The molecular weight excluding hydrogens is 362 g/mol. The lowest BCUT2D eigenvalue weighted by Gasteiger charge is -2.20. The maximum atomic E-state index is 13.3. The first-order chi connectivity index (χ1) is 12.9. The number of amides is 1. The number of fused-ring (bicyclic) bond motifs is 1. The van der Waals surface area contributed by atoms with Crippen LogP contribution in [0.1, 0.15) is 25.0 Å². The molecule has 0 unspecified atom stereocenters. The molecule has 1 aromatic carbocycles. The molecule has 0 fully saturated rings. The van der Waals surface area contributed by atoms with Crippen molar-refractivity contribution in [3.63, 3.8) is 0 Å². The van der Waals surface area contributed by atoms with Crippen LogP contribution in [-0.4, -0.2) is 33.0 Å². The number of thiophene rings is 1. The molecule has 1 amide bonds. The summed E-state index contributed by atoms with van der Waals surface area (Å²) < 4.78 is 3.08. The topological polar surface area (TPSA) is 64.3 Å². The number of carbonyl (C=O) groups is 1. The van der Waals surface area contributed by atoms with Crippen molar-refractivity contribution < 1.29 is 4.79 Å². The van der Waals surface area contributed by atoms with Crippen LogP contribution in [0.15, 0.2) is 39.2 Å². The molecule has 0 N–H and O–H groups in total. The number of hydrogen-bond donors (Lipinski definition) is 0. The molecular formula is C20H23N3O3S. The van der Waals surface area contributed by atoms with E-state index in [0.29, 0.717) is 29.0 Å². The van der Waals surface area contributed by atoms with Gasteiger partial charge in [0.1, 0.15) is 11.2 Å². The second-order valence-electron chi connectivity index (χ2n) is 6.43. The summed E-state index contributed by atoms with van der Waals surface area (Å²) in [4.78, 5) is 40.6. The number of aromatic nitrogens is 2. The molecule has 0 aliphatic heterocycles. The quantitative estimate of drug-likeness (QED) is 0.678. The van der Waals surface area contributed by atoms with E-state index in [9.17, 15) is 14.4 Å². The first-order valence-electron chi connectivity index (χ1n) is 8.98. The third kappa shape index (κ3) is 3.23. The monoisotopic (exact) mass is 385 g/mol. The molecule has 3 rings (SSSR count). The predicted molar refractivity (Wildman–Crippen MR) is 109 cm³/mol. The van der Waals surface area contributed by atoms with Gasteiger partial charge in [-0.1, -0.05) is 12.1 Å². The van der Waals surface area contributed by atoms with Gasteiger partial charge in [-0.15, -0.1) is 11.3 Å². The van der Waals surface area contributed by atoms with Gasteiger partial charge in [0.15, 0.2) is 0 Å². The van der Waals surface area contributed by atoms with E-state index in [1.165, 1.54) is 20.5 Å². The first-order valence-corrected chi connectivity index (χ1v) is 9.86. The summed E-state index contributed by atoms with van der Waals surface area (Å²) in [6.07, 6.45) is 0. The van der Waals surface area contributed by atoms with Crippen molar-refractivity contribution in [1.29, 1.82) is 0 Å². The molecule has 2 heterocycles. The molecule has 0 aliphatic rings. The maximum Gasteiger partial charge on any atom is 0.336 e. The van der Waals surface area contributed by atoms with E-state index in [1.807, 2.05) is 39.8 Å². The van der Waals surface area contributed by atoms with Crippen LogP contribution in [0.2, 0.25) is 0 Å². The van der Waals surface area contributed by atoms with Crippen molar-refractivity contribution in [3.8, 4) is 5.69 Å². The lowest BCUT2D eigenvalue weighted by atomic mass is 10.1. The van der Waals surface area contributed by atoms with Gasteiger partial charge in [-0.25, -0.2) is 9.36 Å². The Morgan fingerprint density at radius 1 is 1.11 bits per heavy atom. The lowest BCUT2D eigenvalue weighted by Crippen LogP contribution is -2.42. The van der Waals surface area contributed by atoms with Gasteiger partial charge in [0.05, 0.1) is 11.2 Å². The number of hydrogen-bond acceptors (Lipinski definition) is 4. The van der Waals surface area contributed by atoms with Crippen LogP contribution in [0.3, 0.4) is 0 Å². The van der Waals surface area contributed by atoms with E-state index in [4.69, 9.17) is 0 Å². The zero-order valence-corrected chi connectivity index (χ0v) is 16.8. The van der Waals surface area contributed by atoms with Crippen LogP contribution < -0.4 is 11.2 Å². The highest BCUT2D eigenvalue weighted by Gasteiger charge is 2.20. The molecule has 27 heavy (non-hydrogen) atoms. The molecule has 0 atom stereocenters. The zero-order chi connectivity index (χ0) is 19.7. The predicted octanol–water partition coefficient (Wildman–Crippen LogP) is 2.70. The van der Waals surface area contributed by atoms with E-state index < -0.39 is 5.69 Å². The van der Waals surface area contributed by atoms with Gasteiger partial charge in [-0.05, 0) is 56.3 Å². The van der Waals surface area contributed by atoms with Gasteiger partial charge in [-0.2, -0.15) is 0 Å². The average molecular weight is 385 g/mol. The Kier molecular flexibility index (Phi) is 5.32. The fourth-order valence-electron chi connectivity index (χ4n) is 3.24. The van der Waals surface area contributed by atoms with Crippen molar-refractivity contribution in [1.82, 2.24) is 14.0 Å². The van der Waals surface area contributed by atoms with Crippen LogP contribution in [-0.2, 0) is 11.3 Å². The molecule has 0 radical (unpaired) electrons. The Bertz CT molecular complexity index is 1120. The fourth-order valence-corrected chi connectivity index (χ4v) is 4.07. The zero-order valence-electron chi connectivity index (χ0n) is 16.0. The minimum Gasteiger partial charge on any atom is -0.342 e. The molecule has 3 aromatic rings. The largest absolute Gasteiger partial charge is 0.342 e. The number of aryl methyl sites for hydroxylation is 1. The van der Waals surface area contributed by atoms with Gasteiger partial charge < -0.3 is 4.90 Å². The molecule has 0 saturated carbocycles. The fraction of sp³-hybridized carbons (Fsp3) is 0.350. The van der Waals surface area contributed by atoms with Gasteiger partial charge in [0, 0.05) is 13.1 Å². The number of nitrogens with zero attached hydrogens (tertiary/aromatic N) is 3. The molecule has 0 aliphatic carbocycles. The number of likely N-dealkylation sites (N-methyl/N-ethyl adjacent to an activating group) is 1. The van der Waals surface area contributed by atoms with Crippen LogP contribution in [0.25, 0.3) is 15.9 Å². The highest BCUT2D eigenvalue weighted by Crippen LogP contribution is 2.19. The molecule has 0 bridgehead atoms. The SMILES string of the molecule is CCN(CC)C(=O)Cn1c(=O)n(-c2cccc(C)c2C)c(=O)c2sccc21. The Labute approximate surface area is 161 Å². The second kappa shape index (κ2) is 7.52. The third-order valence-corrected chi connectivity index (χ3v) is 5.87. The average Bonchev–Trinajstić information content (AvgIpc) is 3.13. The normalized spacial score (nSPS) is 11.1. The second-order valence-corrected chi connectivity index (χ2v) is 7.35. The van der Waals surface area contributed by atoms with Gasteiger partial charge >= 0.3 is 5.69 Å². The van der Waals surface area contributed by atoms with Crippen molar-refractivity contribution in [2.75, 3.05) is 13.1 Å². The van der Waals surface area contributed by atoms with E-state index in [0.717, 1.165) is 11.1 Å². The van der Waals surface area contributed by atoms with Crippen LogP contribution in [0, 0.1) is 13.8 Å². The smallest absolute Gasteiger partial charge is 0.336 e. The summed E-state index contributed by atoms with van der Waals surface area (Å²) in [5.41, 5.74) is 2.11. The summed E-state index contributed by atoms with van der Waals surface area (Å²) in [5.74, 6) is -0.138. The van der Waals surface area contributed by atoms with Crippen molar-refractivity contribution >= 4 is 27.5 Å².